The Labute approximate surface area is 166 Å². The normalized spacial score (nSPS) is 15.2. The summed E-state index contributed by atoms with van der Waals surface area (Å²) in [6, 6.07) is 5.66. The average molecular weight is 412 g/mol. The third kappa shape index (κ3) is 4.65. The van der Waals surface area contributed by atoms with Gasteiger partial charge in [-0.3, -0.25) is 4.90 Å². The van der Waals surface area contributed by atoms with Crippen molar-refractivity contribution >= 4 is 21.4 Å². The molecule has 2 aromatic rings. The van der Waals surface area contributed by atoms with Crippen LogP contribution in [0.4, 0.5) is 0 Å². The molecule has 0 unspecified atom stereocenters. The van der Waals surface area contributed by atoms with Gasteiger partial charge in [0.05, 0.1) is 17.6 Å². The lowest BCUT2D eigenvalue weighted by atomic mass is 10.2. The number of sulfone groups is 1. The van der Waals surface area contributed by atoms with Gasteiger partial charge in [0.1, 0.15) is 12.4 Å². The zero-order valence-electron chi connectivity index (χ0n) is 15.8. The summed E-state index contributed by atoms with van der Waals surface area (Å²) in [6.45, 7) is 7.06. The highest BCUT2D eigenvalue weighted by atomic mass is 35.5. The Bertz CT molecular complexity index is 896. The number of benzene rings is 1. The van der Waals surface area contributed by atoms with Crippen LogP contribution < -0.4 is 4.74 Å². The molecule has 0 N–H and O–H groups in total. The average Bonchev–Trinajstić information content (AvgIpc) is 2.93. The Balaban J connectivity index is 1.86. The Morgan fingerprint density at radius 1 is 1.30 bits per heavy atom. The number of aromatic nitrogens is 2. The van der Waals surface area contributed by atoms with Crippen LogP contribution in [0.5, 0.6) is 5.75 Å². The van der Waals surface area contributed by atoms with Gasteiger partial charge in [-0.2, -0.15) is 0 Å². The van der Waals surface area contributed by atoms with Crippen molar-refractivity contribution in [3.05, 3.63) is 40.7 Å². The molecule has 6 nitrogen and oxygen atoms in total. The minimum absolute atomic E-state index is 0.0546. The van der Waals surface area contributed by atoms with Gasteiger partial charge >= 0.3 is 0 Å². The van der Waals surface area contributed by atoms with E-state index in [9.17, 15) is 8.42 Å². The summed E-state index contributed by atoms with van der Waals surface area (Å²) in [6.07, 6.45) is 3.60. The lowest BCUT2D eigenvalue weighted by Gasteiger charge is -2.20. The number of unbranched alkanes of at least 4 members (excludes halogenated alkanes) is 1. The van der Waals surface area contributed by atoms with E-state index in [0.717, 1.165) is 36.4 Å². The zero-order valence-corrected chi connectivity index (χ0v) is 17.4. The molecule has 0 spiro atoms. The van der Waals surface area contributed by atoms with Crippen molar-refractivity contribution in [2.75, 3.05) is 18.9 Å². The Kier molecular flexibility index (Phi) is 6.44. The highest BCUT2D eigenvalue weighted by Gasteiger charge is 2.23. The first kappa shape index (κ1) is 20.2. The molecule has 148 valence electrons. The van der Waals surface area contributed by atoms with Crippen molar-refractivity contribution in [2.24, 2.45) is 0 Å². The van der Waals surface area contributed by atoms with Crippen LogP contribution in [0.25, 0.3) is 0 Å². The SMILES string of the molecule is CCCCn1c(CN2CCOc3ccc(Cl)cc3C2)cnc1S(=O)(=O)CC. The van der Waals surface area contributed by atoms with E-state index in [1.54, 1.807) is 13.1 Å². The van der Waals surface area contributed by atoms with Crippen molar-refractivity contribution < 1.29 is 13.2 Å². The minimum Gasteiger partial charge on any atom is -0.492 e. The number of ether oxygens (including phenoxy) is 1. The van der Waals surface area contributed by atoms with E-state index in [4.69, 9.17) is 16.3 Å². The lowest BCUT2D eigenvalue weighted by molar-refractivity contribution is 0.215. The fourth-order valence-electron chi connectivity index (χ4n) is 3.23. The van der Waals surface area contributed by atoms with E-state index >= 15 is 0 Å². The standard InChI is InChI=1S/C19H26ClN3O3S/c1-3-5-8-23-17(12-21-19(23)27(24,25)4-2)14-22-9-10-26-18-7-6-16(20)11-15(18)13-22/h6-7,11-12H,3-5,8-10,13-14H2,1-2H3. The van der Waals surface area contributed by atoms with Crippen molar-refractivity contribution in [2.45, 2.75) is 51.5 Å². The fraction of sp³-hybridized carbons (Fsp3) is 0.526. The number of rotatable bonds is 7. The molecule has 27 heavy (non-hydrogen) atoms. The quantitative estimate of drug-likeness (QED) is 0.697. The van der Waals surface area contributed by atoms with Crippen LogP contribution in [0.2, 0.25) is 5.02 Å². The second-order valence-corrected chi connectivity index (χ2v) is 9.36. The molecular weight excluding hydrogens is 386 g/mol. The number of fused-ring (bicyclic) bond motifs is 1. The molecule has 0 saturated heterocycles. The molecule has 8 heteroatoms. The number of hydrogen-bond donors (Lipinski definition) is 0. The summed E-state index contributed by atoms with van der Waals surface area (Å²) in [4.78, 5) is 6.49. The number of halogens is 1. The molecule has 0 fully saturated rings. The van der Waals surface area contributed by atoms with E-state index in [1.807, 2.05) is 22.8 Å². The van der Waals surface area contributed by atoms with E-state index < -0.39 is 9.84 Å². The van der Waals surface area contributed by atoms with Gasteiger partial charge in [-0.25, -0.2) is 13.4 Å². The van der Waals surface area contributed by atoms with Gasteiger partial charge in [0.15, 0.2) is 0 Å². The Morgan fingerprint density at radius 3 is 2.85 bits per heavy atom. The Morgan fingerprint density at radius 2 is 2.11 bits per heavy atom. The van der Waals surface area contributed by atoms with E-state index in [2.05, 4.69) is 16.8 Å². The lowest BCUT2D eigenvalue weighted by Crippen LogP contribution is -2.27. The second kappa shape index (κ2) is 8.63. The predicted molar refractivity (Wildman–Crippen MR) is 106 cm³/mol. The third-order valence-electron chi connectivity index (χ3n) is 4.76. The fourth-order valence-corrected chi connectivity index (χ4v) is 4.44. The maximum absolute atomic E-state index is 12.4. The molecular formula is C19H26ClN3O3S. The van der Waals surface area contributed by atoms with Gasteiger partial charge in [0, 0.05) is 36.8 Å². The molecule has 1 aromatic heterocycles. The monoisotopic (exact) mass is 411 g/mol. The number of nitrogens with zero attached hydrogens (tertiary/aromatic N) is 3. The summed E-state index contributed by atoms with van der Waals surface area (Å²) in [5.74, 6) is 0.912. The third-order valence-corrected chi connectivity index (χ3v) is 6.64. The summed E-state index contributed by atoms with van der Waals surface area (Å²) in [5.41, 5.74) is 1.96. The van der Waals surface area contributed by atoms with Crippen molar-refractivity contribution in [1.29, 1.82) is 0 Å². The van der Waals surface area contributed by atoms with Gasteiger partial charge in [-0.15, -0.1) is 0 Å². The Hall–Kier alpha value is -1.57. The van der Waals surface area contributed by atoms with Gasteiger partial charge in [-0.1, -0.05) is 31.9 Å². The molecule has 0 bridgehead atoms. The van der Waals surface area contributed by atoms with Crippen LogP contribution in [0.15, 0.2) is 29.6 Å². The topological polar surface area (TPSA) is 64.4 Å². The first-order chi connectivity index (χ1) is 12.9. The van der Waals surface area contributed by atoms with E-state index in [-0.39, 0.29) is 10.9 Å². The van der Waals surface area contributed by atoms with Gasteiger partial charge in [0.25, 0.3) is 0 Å². The minimum atomic E-state index is -3.35. The van der Waals surface area contributed by atoms with Crippen molar-refractivity contribution in [3.63, 3.8) is 0 Å². The van der Waals surface area contributed by atoms with E-state index in [0.29, 0.717) is 31.3 Å². The van der Waals surface area contributed by atoms with Gasteiger partial charge < -0.3 is 9.30 Å². The molecule has 0 aliphatic carbocycles. The van der Waals surface area contributed by atoms with E-state index in [1.165, 1.54) is 0 Å². The summed E-state index contributed by atoms with van der Waals surface area (Å²) >= 11 is 6.13. The number of imidazole rings is 1. The first-order valence-corrected chi connectivity index (χ1v) is 11.4. The van der Waals surface area contributed by atoms with Gasteiger partial charge in [-0.05, 0) is 24.6 Å². The number of hydrogen-bond acceptors (Lipinski definition) is 5. The second-order valence-electron chi connectivity index (χ2n) is 6.75. The molecule has 1 aliphatic heterocycles. The van der Waals surface area contributed by atoms with Crippen LogP contribution in [0.3, 0.4) is 0 Å². The molecule has 0 atom stereocenters. The highest BCUT2D eigenvalue weighted by Crippen LogP contribution is 2.27. The first-order valence-electron chi connectivity index (χ1n) is 9.35. The van der Waals surface area contributed by atoms with Crippen LogP contribution in [-0.2, 0) is 29.5 Å². The predicted octanol–water partition coefficient (Wildman–Crippen LogP) is 3.52. The summed E-state index contributed by atoms with van der Waals surface area (Å²) in [7, 11) is -3.35. The molecule has 1 aromatic carbocycles. The zero-order chi connectivity index (χ0) is 19.4. The van der Waals surface area contributed by atoms with Crippen molar-refractivity contribution in [1.82, 2.24) is 14.5 Å². The molecule has 2 heterocycles. The summed E-state index contributed by atoms with van der Waals surface area (Å²) < 4.78 is 32.5. The highest BCUT2D eigenvalue weighted by molar-refractivity contribution is 7.91. The smallest absolute Gasteiger partial charge is 0.227 e. The molecule has 0 saturated carbocycles. The van der Waals surface area contributed by atoms with Crippen molar-refractivity contribution in [3.8, 4) is 5.75 Å². The van der Waals surface area contributed by atoms with Gasteiger partial charge in [0.2, 0.25) is 15.0 Å². The largest absolute Gasteiger partial charge is 0.492 e. The van der Waals surface area contributed by atoms with Crippen LogP contribution in [-0.4, -0.2) is 41.8 Å². The molecule has 0 amide bonds. The van der Waals surface area contributed by atoms with Crippen LogP contribution in [0.1, 0.15) is 37.9 Å². The maximum atomic E-state index is 12.4. The van der Waals surface area contributed by atoms with Crippen LogP contribution >= 0.6 is 11.6 Å². The molecule has 1 aliphatic rings. The van der Waals surface area contributed by atoms with Crippen LogP contribution in [0, 0.1) is 0 Å². The summed E-state index contributed by atoms with van der Waals surface area (Å²) in [5, 5.41) is 0.867. The maximum Gasteiger partial charge on any atom is 0.227 e. The molecule has 0 radical (unpaired) electrons. The molecule has 3 rings (SSSR count).